The third-order valence-electron chi connectivity index (χ3n) is 4.31. The van der Waals surface area contributed by atoms with Gasteiger partial charge in [0.25, 0.3) is 11.8 Å². The summed E-state index contributed by atoms with van der Waals surface area (Å²) in [5.74, 6) is 0.968. The highest BCUT2D eigenvalue weighted by atomic mass is 16.5. The van der Waals surface area contributed by atoms with Gasteiger partial charge in [-0.1, -0.05) is 6.07 Å². The molecule has 6 heteroatoms. The standard InChI is InChI=1S/C24H32N2O4/c1-7-29-20-14-13-19(15-21(20)30-8-2)16(3)25-22(27)17-9-11-18(12-10-17)23(28)26-24(4,5)6/h9-16H,7-8H2,1-6H3,(H,25,27)(H,26,28). The lowest BCUT2D eigenvalue weighted by molar-refractivity contribution is 0.0913. The summed E-state index contributed by atoms with van der Waals surface area (Å²) in [6.07, 6.45) is 0. The number of benzene rings is 2. The molecule has 1 unspecified atom stereocenters. The number of carbonyl (C=O) groups excluding carboxylic acids is 2. The SMILES string of the molecule is CCOc1ccc(C(C)NC(=O)c2ccc(C(=O)NC(C)(C)C)cc2)cc1OCC. The zero-order chi connectivity index (χ0) is 22.3. The van der Waals surface area contributed by atoms with Gasteiger partial charge >= 0.3 is 0 Å². The molecule has 0 heterocycles. The molecule has 0 spiro atoms. The minimum Gasteiger partial charge on any atom is -0.490 e. The quantitative estimate of drug-likeness (QED) is 0.669. The van der Waals surface area contributed by atoms with E-state index in [-0.39, 0.29) is 23.4 Å². The average molecular weight is 413 g/mol. The van der Waals surface area contributed by atoms with Crippen molar-refractivity contribution in [1.82, 2.24) is 10.6 Å². The summed E-state index contributed by atoms with van der Waals surface area (Å²) in [4.78, 5) is 24.9. The molecule has 2 aromatic rings. The summed E-state index contributed by atoms with van der Waals surface area (Å²) in [7, 11) is 0. The van der Waals surface area contributed by atoms with E-state index in [0.29, 0.717) is 35.8 Å². The molecule has 162 valence electrons. The van der Waals surface area contributed by atoms with E-state index in [0.717, 1.165) is 5.56 Å². The van der Waals surface area contributed by atoms with Gasteiger partial charge in [0, 0.05) is 16.7 Å². The maximum absolute atomic E-state index is 12.7. The molecule has 0 fully saturated rings. The topological polar surface area (TPSA) is 76.7 Å². The maximum atomic E-state index is 12.7. The van der Waals surface area contributed by atoms with Crippen LogP contribution in [0, 0.1) is 0 Å². The molecule has 1 atom stereocenters. The molecule has 2 amide bonds. The van der Waals surface area contributed by atoms with E-state index in [2.05, 4.69) is 10.6 Å². The lowest BCUT2D eigenvalue weighted by Crippen LogP contribution is -2.40. The van der Waals surface area contributed by atoms with Crippen LogP contribution in [0.5, 0.6) is 11.5 Å². The molecule has 0 aromatic heterocycles. The summed E-state index contributed by atoms with van der Waals surface area (Å²) in [5, 5.41) is 5.89. The van der Waals surface area contributed by atoms with E-state index >= 15 is 0 Å². The first-order chi connectivity index (χ1) is 14.1. The first-order valence-electron chi connectivity index (χ1n) is 10.3. The van der Waals surface area contributed by atoms with Crippen LogP contribution in [0.1, 0.15) is 73.9 Å². The number of nitrogens with one attached hydrogen (secondary N) is 2. The summed E-state index contributed by atoms with van der Waals surface area (Å²) in [5.41, 5.74) is 1.60. The Morgan fingerprint density at radius 1 is 0.867 bits per heavy atom. The highest BCUT2D eigenvalue weighted by Gasteiger charge is 2.17. The molecule has 0 radical (unpaired) electrons. The van der Waals surface area contributed by atoms with Crippen molar-refractivity contribution in [3.8, 4) is 11.5 Å². The molecular formula is C24H32N2O4. The van der Waals surface area contributed by atoms with Crippen LogP contribution in [0.4, 0.5) is 0 Å². The van der Waals surface area contributed by atoms with Gasteiger partial charge in [0.15, 0.2) is 11.5 Å². The number of hydrogen-bond donors (Lipinski definition) is 2. The maximum Gasteiger partial charge on any atom is 0.251 e. The lowest BCUT2D eigenvalue weighted by Gasteiger charge is -2.20. The zero-order valence-corrected chi connectivity index (χ0v) is 18.7. The van der Waals surface area contributed by atoms with Gasteiger partial charge in [0.1, 0.15) is 0 Å². The molecule has 0 saturated carbocycles. The van der Waals surface area contributed by atoms with Gasteiger partial charge in [0.2, 0.25) is 0 Å². The molecule has 2 rings (SSSR count). The molecule has 6 nitrogen and oxygen atoms in total. The second kappa shape index (κ2) is 10.1. The Hall–Kier alpha value is -3.02. The predicted molar refractivity (Wildman–Crippen MR) is 118 cm³/mol. The van der Waals surface area contributed by atoms with Gasteiger partial charge < -0.3 is 20.1 Å². The number of ether oxygens (including phenoxy) is 2. The third kappa shape index (κ3) is 6.51. The van der Waals surface area contributed by atoms with Crippen molar-refractivity contribution >= 4 is 11.8 Å². The third-order valence-corrected chi connectivity index (χ3v) is 4.31. The van der Waals surface area contributed by atoms with E-state index in [1.807, 2.05) is 59.7 Å². The van der Waals surface area contributed by atoms with Crippen LogP contribution in [-0.4, -0.2) is 30.6 Å². The Morgan fingerprint density at radius 3 is 1.93 bits per heavy atom. The van der Waals surface area contributed by atoms with E-state index < -0.39 is 0 Å². The van der Waals surface area contributed by atoms with Crippen molar-refractivity contribution in [3.05, 3.63) is 59.2 Å². The van der Waals surface area contributed by atoms with Crippen molar-refractivity contribution in [3.63, 3.8) is 0 Å². The minimum absolute atomic E-state index is 0.166. The Balaban J connectivity index is 2.08. The van der Waals surface area contributed by atoms with Crippen molar-refractivity contribution < 1.29 is 19.1 Å². The predicted octanol–water partition coefficient (Wildman–Crippen LogP) is 4.50. The first-order valence-corrected chi connectivity index (χ1v) is 10.3. The number of carbonyl (C=O) groups is 2. The molecule has 0 saturated heterocycles. The number of hydrogen-bond acceptors (Lipinski definition) is 4. The van der Waals surface area contributed by atoms with E-state index in [1.165, 1.54) is 0 Å². The van der Waals surface area contributed by atoms with Crippen molar-refractivity contribution in [2.75, 3.05) is 13.2 Å². The van der Waals surface area contributed by atoms with Gasteiger partial charge in [-0.15, -0.1) is 0 Å². The molecule has 30 heavy (non-hydrogen) atoms. The van der Waals surface area contributed by atoms with E-state index in [9.17, 15) is 9.59 Å². The largest absolute Gasteiger partial charge is 0.490 e. The highest BCUT2D eigenvalue weighted by molar-refractivity contribution is 5.98. The lowest BCUT2D eigenvalue weighted by atomic mass is 10.1. The highest BCUT2D eigenvalue weighted by Crippen LogP contribution is 2.30. The summed E-state index contributed by atoms with van der Waals surface area (Å²) in [6.45, 7) is 12.6. The van der Waals surface area contributed by atoms with Crippen molar-refractivity contribution in [2.24, 2.45) is 0 Å². The van der Waals surface area contributed by atoms with Gasteiger partial charge in [0.05, 0.1) is 19.3 Å². The fourth-order valence-corrected chi connectivity index (χ4v) is 2.89. The number of amides is 2. The van der Waals surface area contributed by atoms with Gasteiger partial charge in [-0.25, -0.2) is 0 Å². The summed E-state index contributed by atoms with van der Waals surface area (Å²) >= 11 is 0. The Kier molecular flexibility index (Phi) is 7.86. The van der Waals surface area contributed by atoms with Crippen LogP contribution >= 0.6 is 0 Å². The molecule has 0 aliphatic heterocycles. The smallest absolute Gasteiger partial charge is 0.251 e. The fourth-order valence-electron chi connectivity index (χ4n) is 2.89. The fraction of sp³-hybridized carbons (Fsp3) is 0.417. The number of rotatable bonds is 8. The minimum atomic E-state index is -0.319. The van der Waals surface area contributed by atoms with Gasteiger partial charge in [-0.05, 0) is 83.5 Å². The van der Waals surface area contributed by atoms with Crippen molar-refractivity contribution in [1.29, 1.82) is 0 Å². The van der Waals surface area contributed by atoms with Crippen LogP contribution < -0.4 is 20.1 Å². The Morgan fingerprint density at radius 2 is 1.40 bits per heavy atom. The molecule has 0 aliphatic carbocycles. The van der Waals surface area contributed by atoms with Gasteiger partial charge in [-0.2, -0.15) is 0 Å². The second-order valence-electron chi connectivity index (χ2n) is 8.05. The first kappa shape index (κ1) is 23.3. The van der Waals surface area contributed by atoms with Crippen LogP contribution in [0.2, 0.25) is 0 Å². The molecule has 2 N–H and O–H groups in total. The molecule has 0 bridgehead atoms. The van der Waals surface area contributed by atoms with Crippen molar-refractivity contribution in [2.45, 2.75) is 53.1 Å². The van der Waals surface area contributed by atoms with Crippen LogP contribution in [0.3, 0.4) is 0 Å². The Labute approximate surface area is 179 Å². The summed E-state index contributed by atoms with van der Waals surface area (Å²) in [6, 6.07) is 12.1. The average Bonchev–Trinajstić information content (AvgIpc) is 2.68. The van der Waals surface area contributed by atoms with Crippen LogP contribution in [-0.2, 0) is 0 Å². The molecular weight excluding hydrogens is 380 g/mol. The molecule has 2 aromatic carbocycles. The molecule has 0 aliphatic rings. The monoisotopic (exact) mass is 412 g/mol. The van der Waals surface area contributed by atoms with E-state index in [1.54, 1.807) is 24.3 Å². The zero-order valence-electron chi connectivity index (χ0n) is 18.7. The van der Waals surface area contributed by atoms with Crippen LogP contribution in [0.15, 0.2) is 42.5 Å². The second-order valence-corrected chi connectivity index (χ2v) is 8.05. The van der Waals surface area contributed by atoms with E-state index in [4.69, 9.17) is 9.47 Å². The van der Waals surface area contributed by atoms with Crippen LogP contribution in [0.25, 0.3) is 0 Å². The summed E-state index contributed by atoms with van der Waals surface area (Å²) < 4.78 is 11.3. The normalized spacial score (nSPS) is 12.1. The Bertz CT molecular complexity index is 870. The van der Waals surface area contributed by atoms with Gasteiger partial charge in [-0.3, -0.25) is 9.59 Å².